The second kappa shape index (κ2) is 6.16. The molecule has 0 spiro atoms. The van der Waals surface area contributed by atoms with Crippen molar-refractivity contribution in [2.24, 2.45) is 0 Å². The Labute approximate surface area is 126 Å². The van der Waals surface area contributed by atoms with E-state index in [0.29, 0.717) is 11.6 Å². The number of benzene rings is 1. The van der Waals surface area contributed by atoms with Gasteiger partial charge in [-0.3, -0.25) is 4.90 Å². The second-order valence-electron chi connectivity index (χ2n) is 6.23. The minimum Gasteiger partial charge on any atom is -0.465 e. The molecule has 0 unspecified atom stereocenters. The fraction of sp³-hybridized carbons (Fsp3) is 0.588. The van der Waals surface area contributed by atoms with Gasteiger partial charge in [0.25, 0.3) is 0 Å². The number of methoxy groups -OCH3 is 1. The number of carbonyl (C=O) groups is 1. The molecule has 0 radical (unpaired) electrons. The van der Waals surface area contributed by atoms with E-state index in [0.717, 1.165) is 19.5 Å². The Hall–Kier alpha value is -1.39. The van der Waals surface area contributed by atoms with Crippen molar-refractivity contribution in [1.29, 1.82) is 0 Å². The molecular formula is C17H24N2O2. The van der Waals surface area contributed by atoms with Crippen LogP contribution in [-0.2, 0) is 17.7 Å². The summed E-state index contributed by atoms with van der Waals surface area (Å²) in [5.41, 5.74) is 3.34. The molecule has 2 heterocycles. The van der Waals surface area contributed by atoms with Crippen molar-refractivity contribution in [2.45, 2.75) is 31.8 Å². The van der Waals surface area contributed by atoms with Crippen molar-refractivity contribution in [3.63, 3.8) is 0 Å². The number of piperidine rings is 1. The van der Waals surface area contributed by atoms with Gasteiger partial charge in [-0.25, -0.2) is 4.79 Å². The normalized spacial score (nSPS) is 21.0. The van der Waals surface area contributed by atoms with E-state index in [1.165, 1.54) is 44.2 Å². The van der Waals surface area contributed by atoms with E-state index in [2.05, 4.69) is 22.9 Å². The standard InChI is InChI=1S/C17H24N2O2/c1-18-8-6-16(7-9-18)19-10-5-13-3-4-14(17(20)21-2)11-15(13)12-19/h3-4,11,16H,5-10,12H2,1-2H3. The first-order valence-electron chi connectivity index (χ1n) is 7.80. The first-order valence-corrected chi connectivity index (χ1v) is 7.80. The van der Waals surface area contributed by atoms with E-state index >= 15 is 0 Å². The molecule has 4 nitrogen and oxygen atoms in total. The molecule has 0 atom stereocenters. The SMILES string of the molecule is COC(=O)c1ccc2c(c1)CN(C1CCN(C)CC1)CC2. The summed E-state index contributed by atoms with van der Waals surface area (Å²) in [4.78, 5) is 16.7. The van der Waals surface area contributed by atoms with Gasteiger partial charge in [0.05, 0.1) is 12.7 Å². The van der Waals surface area contributed by atoms with Gasteiger partial charge in [0, 0.05) is 19.1 Å². The smallest absolute Gasteiger partial charge is 0.337 e. The van der Waals surface area contributed by atoms with Crippen molar-refractivity contribution in [3.8, 4) is 0 Å². The third kappa shape index (κ3) is 3.11. The number of carbonyl (C=O) groups excluding carboxylic acids is 1. The summed E-state index contributed by atoms with van der Waals surface area (Å²) in [7, 11) is 3.64. The molecule has 0 bridgehead atoms. The lowest BCUT2D eigenvalue weighted by atomic mass is 9.94. The molecule has 0 aliphatic carbocycles. The maximum Gasteiger partial charge on any atom is 0.337 e. The van der Waals surface area contributed by atoms with E-state index in [1.807, 2.05) is 12.1 Å². The molecule has 1 saturated heterocycles. The van der Waals surface area contributed by atoms with E-state index in [4.69, 9.17) is 4.74 Å². The highest BCUT2D eigenvalue weighted by Gasteiger charge is 2.26. The van der Waals surface area contributed by atoms with Gasteiger partial charge in [-0.2, -0.15) is 0 Å². The zero-order valence-electron chi connectivity index (χ0n) is 13.0. The van der Waals surface area contributed by atoms with E-state index in [9.17, 15) is 4.79 Å². The van der Waals surface area contributed by atoms with Gasteiger partial charge in [0.1, 0.15) is 0 Å². The molecule has 1 aromatic rings. The molecule has 0 aromatic heterocycles. The predicted octanol–water partition coefficient (Wildman–Crippen LogP) is 1.93. The number of rotatable bonds is 2. The molecule has 2 aliphatic rings. The Morgan fingerprint density at radius 2 is 1.95 bits per heavy atom. The molecule has 1 fully saturated rings. The van der Waals surface area contributed by atoms with E-state index < -0.39 is 0 Å². The van der Waals surface area contributed by atoms with Crippen molar-refractivity contribution < 1.29 is 9.53 Å². The van der Waals surface area contributed by atoms with Crippen LogP contribution in [0.15, 0.2) is 18.2 Å². The largest absolute Gasteiger partial charge is 0.465 e. The minimum atomic E-state index is -0.241. The van der Waals surface area contributed by atoms with Crippen LogP contribution in [0.3, 0.4) is 0 Å². The predicted molar refractivity (Wildman–Crippen MR) is 82.4 cm³/mol. The van der Waals surface area contributed by atoms with Gasteiger partial charge in [0.15, 0.2) is 0 Å². The van der Waals surface area contributed by atoms with Crippen LogP contribution in [0.5, 0.6) is 0 Å². The molecular weight excluding hydrogens is 264 g/mol. The summed E-state index contributed by atoms with van der Waals surface area (Å²) in [5.74, 6) is -0.241. The van der Waals surface area contributed by atoms with Crippen molar-refractivity contribution >= 4 is 5.97 Å². The zero-order valence-corrected chi connectivity index (χ0v) is 13.0. The summed E-state index contributed by atoms with van der Waals surface area (Å²) in [6.45, 7) is 4.49. The number of esters is 1. The number of nitrogens with zero attached hydrogens (tertiary/aromatic N) is 2. The van der Waals surface area contributed by atoms with Crippen LogP contribution >= 0.6 is 0 Å². The highest BCUT2D eigenvalue weighted by Crippen LogP contribution is 2.25. The van der Waals surface area contributed by atoms with Crippen LogP contribution in [0.4, 0.5) is 0 Å². The highest BCUT2D eigenvalue weighted by atomic mass is 16.5. The van der Waals surface area contributed by atoms with Crippen LogP contribution in [0.25, 0.3) is 0 Å². The molecule has 0 N–H and O–H groups in total. The third-order valence-corrected chi connectivity index (χ3v) is 4.87. The second-order valence-corrected chi connectivity index (χ2v) is 6.23. The monoisotopic (exact) mass is 288 g/mol. The minimum absolute atomic E-state index is 0.241. The molecule has 0 amide bonds. The summed E-state index contributed by atoms with van der Waals surface area (Å²) in [6.07, 6.45) is 3.59. The Morgan fingerprint density at radius 3 is 2.67 bits per heavy atom. The molecule has 114 valence electrons. The highest BCUT2D eigenvalue weighted by molar-refractivity contribution is 5.89. The van der Waals surface area contributed by atoms with Gasteiger partial charge in [-0.05, 0) is 62.7 Å². The Bertz CT molecular complexity index is 522. The molecule has 1 aromatic carbocycles. The first-order chi connectivity index (χ1) is 10.2. The lowest BCUT2D eigenvalue weighted by Crippen LogP contribution is -2.45. The topological polar surface area (TPSA) is 32.8 Å². The number of hydrogen-bond donors (Lipinski definition) is 0. The number of ether oxygens (including phenoxy) is 1. The maximum atomic E-state index is 11.7. The van der Waals surface area contributed by atoms with Crippen LogP contribution in [0.1, 0.15) is 34.3 Å². The van der Waals surface area contributed by atoms with Gasteiger partial charge < -0.3 is 9.64 Å². The fourth-order valence-electron chi connectivity index (χ4n) is 3.50. The van der Waals surface area contributed by atoms with Gasteiger partial charge in [-0.1, -0.05) is 6.07 Å². The summed E-state index contributed by atoms with van der Waals surface area (Å²) < 4.78 is 4.82. The maximum absolute atomic E-state index is 11.7. The Morgan fingerprint density at radius 1 is 1.19 bits per heavy atom. The van der Waals surface area contributed by atoms with Gasteiger partial charge in [-0.15, -0.1) is 0 Å². The lowest BCUT2D eigenvalue weighted by Gasteiger charge is -2.39. The Balaban J connectivity index is 1.73. The molecule has 4 heteroatoms. The Kier molecular flexibility index (Phi) is 4.27. The van der Waals surface area contributed by atoms with Crippen LogP contribution in [0, 0.1) is 0 Å². The third-order valence-electron chi connectivity index (χ3n) is 4.87. The number of likely N-dealkylation sites (tertiary alicyclic amines) is 1. The zero-order chi connectivity index (χ0) is 14.8. The van der Waals surface area contributed by atoms with Crippen LogP contribution in [-0.4, -0.2) is 55.6 Å². The van der Waals surface area contributed by atoms with E-state index in [-0.39, 0.29) is 5.97 Å². The molecule has 3 rings (SSSR count). The first kappa shape index (κ1) is 14.5. The van der Waals surface area contributed by atoms with Crippen LogP contribution < -0.4 is 0 Å². The van der Waals surface area contributed by atoms with E-state index in [1.54, 1.807) is 0 Å². The molecule has 2 aliphatic heterocycles. The molecule has 0 saturated carbocycles. The average Bonchev–Trinajstić information content (AvgIpc) is 2.53. The summed E-state index contributed by atoms with van der Waals surface area (Å²) in [6, 6.07) is 6.68. The average molecular weight is 288 g/mol. The summed E-state index contributed by atoms with van der Waals surface area (Å²) in [5, 5.41) is 0. The summed E-state index contributed by atoms with van der Waals surface area (Å²) >= 11 is 0. The van der Waals surface area contributed by atoms with Crippen molar-refractivity contribution in [1.82, 2.24) is 9.80 Å². The quantitative estimate of drug-likeness (QED) is 0.779. The van der Waals surface area contributed by atoms with Crippen LogP contribution in [0.2, 0.25) is 0 Å². The van der Waals surface area contributed by atoms with Crippen molar-refractivity contribution in [3.05, 3.63) is 34.9 Å². The van der Waals surface area contributed by atoms with Crippen molar-refractivity contribution in [2.75, 3.05) is 33.8 Å². The number of hydrogen-bond acceptors (Lipinski definition) is 4. The number of fused-ring (bicyclic) bond motifs is 1. The van der Waals surface area contributed by atoms with Gasteiger partial charge >= 0.3 is 5.97 Å². The lowest BCUT2D eigenvalue weighted by molar-refractivity contribution is 0.0600. The fourth-order valence-corrected chi connectivity index (χ4v) is 3.50. The molecule has 21 heavy (non-hydrogen) atoms. The van der Waals surface area contributed by atoms with Gasteiger partial charge in [0.2, 0.25) is 0 Å².